The van der Waals surface area contributed by atoms with Crippen molar-refractivity contribution in [2.45, 2.75) is 6.04 Å². The molecule has 8 heteroatoms. The molecular weight excluding hydrogens is 354 g/mol. The molecule has 1 fully saturated rings. The Labute approximate surface area is 157 Å². The molecule has 0 bridgehead atoms. The van der Waals surface area contributed by atoms with Crippen LogP contribution in [-0.4, -0.2) is 60.7 Å². The number of morpholine rings is 1. The number of hydrogen-bond acceptors (Lipinski definition) is 6. The quantitative estimate of drug-likeness (QED) is 0.803. The first-order valence-corrected chi connectivity index (χ1v) is 8.90. The van der Waals surface area contributed by atoms with Crippen LogP contribution in [0.2, 0.25) is 5.02 Å². The maximum Gasteiger partial charge on any atom is 0.254 e. The minimum Gasteiger partial charge on any atom is -0.379 e. The summed E-state index contributed by atoms with van der Waals surface area (Å²) in [5, 5.41) is 6.52. The molecule has 0 aliphatic carbocycles. The van der Waals surface area contributed by atoms with Gasteiger partial charge in [-0.05, 0) is 17.7 Å². The molecule has 1 atom stereocenters. The Kier molecular flexibility index (Phi) is 6.38. The van der Waals surface area contributed by atoms with Crippen LogP contribution in [0.3, 0.4) is 0 Å². The van der Waals surface area contributed by atoms with E-state index in [9.17, 15) is 4.79 Å². The van der Waals surface area contributed by atoms with Gasteiger partial charge < -0.3 is 15.4 Å². The number of carbonyl (C=O) groups excluding carboxylic acids is 1. The number of nitrogens with zero attached hydrogens (tertiary/aromatic N) is 3. The average Bonchev–Trinajstić information content (AvgIpc) is 2.70. The van der Waals surface area contributed by atoms with E-state index in [0.717, 1.165) is 18.7 Å². The number of benzene rings is 1. The Morgan fingerprint density at radius 2 is 1.88 bits per heavy atom. The molecular formula is C18H22ClN5O2. The first-order chi connectivity index (χ1) is 12.7. The number of ether oxygens (including phenoxy) is 1. The van der Waals surface area contributed by atoms with Crippen molar-refractivity contribution in [3.05, 3.63) is 52.8 Å². The summed E-state index contributed by atoms with van der Waals surface area (Å²) in [4.78, 5) is 22.9. The standard InChI is InChI=1S/C18H22ClN5O2/c1-20-18-22-10-14(11-23-18)17(25)21-12-16(24-6-8-26-9-7-24)13-2-4-15(19)5-3-13/h2-5,10-11,16H,6-9,12H2,1H3,(H,21,25)(H,20,22,23)/t16-/m0/s1. The van der Waals surface area contributed by atoms with Crippen LogP contribution in [0.15, 0.2) is 36.7 Å². The highest BCUT2D eigenvalue weighted by Crippen LogP contribution is 2.23. The Morgan fingerprint density at radius 1 is 1.23 bits per heavy atom. The first kappa shape index (κ1) is 18.6. The van der Waals surface area contributed by atoms with E-state index in [-0.39, 0.29) is 11.9 Å². The number of halogens is 1. The van der Waals surface area contributed by atoms with Crippen LogP contribution in [-0.2, 0) is 4.74 Å². The predicted molar refractivity (Wildman–Crippen MR) is 100 cm³/mol. The van der Waals surface area contributed by atoms with Gasteiger partial charge in [0.25, 0.3) is 5.91 Å². The molecule has 2 heterocycles. The topological polar surface area (TPSA) is 79.4 Å². The van der Waals surface area contributed by atoms with Gasteiger partial charge in [-0.1, -0.05) is 23.7 Å². The van der Waals surface area contributed by atoms with Crippen molar-refractivity contribution < 1.29 is 9.53 Å². The molecule has 1 aliphatic heterocycles. The van der Waals surface area contributed by atoms with Crippen LogP contribution in [0.4, 0.5) is 5.95 Å². The summed E-state index contributed by atoms with van der Waals surface area (Å²) in [5.41, 5.74) is 1.54. The average molecular weight is 376 g/mol. The van der Waals surface area contributed by atoms with E-state index in [1.54, 1.807) is 7.05 Å². The maximum atomic E-state index is 12.4. The predicted octanol–water partition coefficient (Wildman–Crippen LogP) is 1.98. The fourth-order valence-electron chi connectivity index (χ4n) is 2.90. The monoisotopic (exact) mass is 375 g/mol. The fourth-order valence-corrected chi connectivity index (χ4v) is 3.02. The number of amides is 1. The van der Waals surface area contributed by atoms with Gasteiger partial charge in [0.05, 0.1) is 24.8 Å². The molecule has 2 N–H and O–H groups in total. The minimum atomic E-state index is -0.195. The number of carbonyl (C=O) groups is 1. The zero-order valence-electron chi connectivity index (χ0n) is 14.6. The van der Waals surface area contributed by atoms with Crippen LogP contribution >= 0.6 is 11.6 Å². The third kappa shape index (κ3) is 4.69. The number of hydrogen-bond donors (Lipinski definition) is 2. The molecule has 3 rings (SSSR count). The first-order valence-electron chi connectivity index (χ1n) is 8.52. The van der Waals surface area contributed by atoms with E-state index in [4.69, 9.17) is 16.3 Å². The molecule has 0 spiro atoms. The fraction of sp³-hybridized carbons (Fsp3) is 0.389. The van der Waals surface area contributed by atoms with E-state index >= 15 is 0 Å². The minimum absolute atomic E-state index is 0.0533. The zero-order chi connectivity index (χ0) is 18.4. The van der Waals surface area contributed by atoms with Gasteiger partial charge in [0.1, 0.15) is 0 Å². The number of anilines is 1. The van der Waals surface area contributed by atoms with Crippen molar-refractivity contribution in [1.29, 1.82) is 0 Å². The second-order valence-corrected chi connectivity index (χ2v) is 6.41. The van der Waals surface area contributed by atoms with Crippen molar-refractivity contribution in [1.82, 2.24) is 20.2 Å². The summed E-state index contributed by atoms with van der Waals surface area (Å²) in [6.45, 7) is 3.51. The van der Waals surface area contributed by atoms with Gasteiger partial charge in [-0.2, -0.15) is 0 Å². The van der Waals surface area contributed by atoms with Crippen LogP contribution in [0.25, 0.3) is 0 Å². The Balaban J connectivity index is 1.70. The lowest BCUT2D eigenvalue weighted by Gasteiger charge is -2.35. The SMILES string of the molecule is CNc1ncc(C(=O)NC[C@@H](c2ccc(Cl)cc2)N2CCOCC2)cn1. The van der Waals surface area contributed by atoms with Gasteiger partial charge in [-0.25, -0.2) is 9.97 Å². The number of nitrogens with one attached hydrogen (secondary N) is 2. The van der Waals surface area contributed by atoms with Crippen molar-refractivity contribution in [2.75, 3.05) is 45.2 Å². The maximum absolute atomic E-state index is 12.4. The van der Waals surface area contributed by atoms with Gasteiger partial charge in [-0.3, -0.25) is 9.69 Å². The molecule has 1 aliphatic rings. The van der Waals surface area contributed by atoms with Gasteiger partial charge in [0.2, 0.25) is 5.95 Å². The third-order valence-electron chi connectivity index (χ3n) is 4.33. The summed E-state index contributed by atoms with van der Waals surface area (Å²) in [7, 11) is 1.73. The second-order valence-electron chi connectivity index (χ2n) is 5.97. The van der Waals surface area contributed by atoms with E-state index in [2.05, 4.69) is 25.5 Å². The van der Waals surface area contributed by atoms with E-state index in [1.807, 2.05) is 24.3 Å². The lowest BCUT2D eigenvalue weighted by molar-refractivity contribution is 0.0162. The third-order valence-corrected chi connectivity index (χ3v) is 4.59. The van der Waals surface area contributed by atoms with Gasteiger partial charge in [0.15, 0.2) is 0 Å². The highest BCUT2D eigenvalue weighted by Gasteiger charge is 2.23. The van der Waals surface area contributed by atoms with Crippen molar-refractivity contribution >= 4 is 23.5 Å². The summed E-state index contributed by atoms with van der Waals surface area (Å²) in [6, 6.07) is 7.80. The molecule has 7 nitrogen and oxygen atoms in total. The van der Waals surface area contributed by atoms with Crippen molar-refractivity contribution in [3.8, 4) is 0 Å². The van der Waals surface area contributed by atoms with E-state index in [0.29, 0.717) is 36.3 Å². The molecule has 1 saturated heterocycles. The molecule has 1 amide bonds. The number of rotatable bonds is 6. The Hall–Kier alpha value is -2.22. The second kappa shape index (κ2) is 8.93. The summed E-state index contributed by atoms with van der Waals surface area (Å²) < 4.78 is 5.45. The van der Waals surface area contributed by atoms with Gasteiger partial charge in [0, 0.05) is 44.1 Å². The molecule has 0 radical (unpaired) electrons. The zero-order valence-corrected chi connectivity index (χ0v) is 15.4. The Bertz CT molecular complexity index is 717. The van der Waals surface area contributed by atoms with Crippen LogP contribution in [0, 0.1) is 0 Å². The summed E-state index contributed by atoms with van der Waals surface area (Å²) in [5.74, 6) is 0.286. The smallest absolute Gasteiger partial charge is 0.254 e. The normalized spacial score (nSPS) is 16.1. The Morgan fingerprint density at radius 3 is 2.50 bits per heavy atom. The molecule has 26 heavy (non-hydrogen) atoms. The molecule has 1 aromatic heterocycles. The lowest BCUT2D eigenvalue weighted by Crippen LogP contribution is -2.43. The van der Waals surface area contributed by atoms with Gasteiger partial charge >= 0.3 is 0 Å². The van der Waals surface area contributed by atoms with E-state index in [1.165, 1.54) is 12.4 Å². The van der Waals surface area contributed by atoms with Crippen molar-refractivity contribution in [3.63, 3.8) is 0 Å². The van der Waals surface area contributed by atoms with E-state index < -0.39 is 0 Å². The van der Waals surface area contributed by atoms with Crippen LogP contribution in [0.5, 0.6) is 0 Å². The highest BCUT2D eigenvalue weighted by atomic mass is 35.5. The van der Waals surface area contributed by atoms with Crippen molar-refractivity contribution in [2.24, 2.45) is 0 Å². The lowest BCUT2D eigenvalue weighted by atomic mass is 10.0. The molecule has 0 unspecified atom stereocenters. The molecule has 138 valence electrons. The summed E-state index contributed by atoms with van der Waals surface area (Å²) in [6.07, 6.45) is 3.03. The van der Waals surface area contributed by atoms with Crippen LogP contribution in [0.1, 0.15) is 22.0 Å². The summed E-state index contributed by atoms with van der Waals surface area (Å²) >= 11 is 6.01. The molecule has 2 aromatic rings. The van der Waals surface area contributed by atoms with Crippen LogP contribution < -0.4 is 10.6 Å². The molecule has 0 saturated carbocycles. The largest absolute Gasteiger partial charge is 0.379 e. The van der Waals surface area contributed by atoms with Gasteiger partial charge in [-0.15, -0.1) is 0 Å². The highest BCUT2D eigenvalue weighted by molar-refractivity contribution is 6.30. The number of aromatic nitrogens is 2. The molecule has 1 aromatic carbocycles.